The minimum Gasteiger partial charge on any atom is -0.373 e. The summed E-state index contributed by atoms with van der Waals surface area (Å²) < 4.78 is 0. The molecular formula is C12H16N2OS. The normalized spacial score (nSPS) is 14.5. The van der Waals surface area contributed by atoms with Crippen molar-refractivity contribution in [2.24, 2.45) is 0 Å². The van der Waals surface area contributed by atoms with E-state index in [4.69, 9.17) is 0 Å². The molecule has 0 saturated heterocycles. The molecule has 0 radical (unpaired) electrons. The van der Waals surface area contributed by atoms with Gasteiger partial charge in [-0.25, -0.2) is 0 Å². The third kappa shape index (κ3) is 2.16. The van der Waals surface area contributed by atoms with Gasteiger partial charge in [0.2, 0.25) is 0 Å². The van der Waals surface area contributed by atoms with Crippen molar-refractivity contribution in [3.05, 3.63) is 23.8 Å². The Balaban J connectivity index is 2.30. The number of carbonyl (C=O) groups excluding carboxylic acids is 1. The second-order valence-electron chi connectivity index (χ2n) is 3.81. The van der Waals surface area contributed by atoms with E-state index in [1.54, 1.807) is 0 Å². The molecule has 4 heteroatoms. The summed E-state index contributed by atoms with van der Waals surface area (Å²) in [5.74, 6) is 1.12. The first-order chi connectivity index (χ1) is 7.72. The van der Waals surface area contributed by atoms with Gasteiger partial charge in [0.05, 0.1) is 5.69 Å². The van der Waals surface area contributed by atoms with Crippen LogP contribution in [0.5, 0.6) is 0 Å². The van der Waals surface area contributed by atoms with Gasteiger partial charge in [0.1, 0.15) is 0 Å². The molecule has 1 N–H and O–H groups in total. The lowest BCUT2D eigenvalue weighted by molar-refractivity contribution is 0.0956. The molecule has 0 saturated carbocycles. The smallest absolute Gasteiger partial charge is 0.251 e. The molecule has 3 nitrogen and oxygen atoms in total. The first-order valence-electron chi connectivity index (χ1n) is 5.48. The fraction of sp³-hybridized carbons (Fsp3) is 0.417. The summed E-state index contributed by atoms with van der Waals surface area (Å²) in [5.41, 5.74) is 1.91. The van der Waals surface area contributed by atoms with E-state index >= 15 is 0 Å². The fourth-order valence-corrected chi connectivity index (χ4v) is 2.87. The molecule has 86 valence electrons. The van der Waals surface area contributed by atoms with Crippen LogP contribution in [0.15, 0.2) is 23.1 Å². The Morgan fingerprint density at radius 2 is 2.38 bits per heavy atom. The maximum atomic E-state index is 11.7. The highest BCUT2D eigenvalue weighted by molar-refractivity contribution is 7.99. The van der Waals surface area contributed by atoms with Crippen molar-refractivity contribution in [2.45, 2.75) is 11.8 Å². The number of carbonyl (C=O) groups is 1. The number of hydrogen-bond donors (Lipinski definition) is 1. The number of amides is 1. The predicted molar refractivity (Wildman–Crippen MR) is 68.4 cm³/mol. The topological polar surface area (TPSA) is 32.3 Å². The van der Waals surface area contributed by atoms with Crippen LogP contribution in [0.2, 0.25) is 0 Å². The Labute approximate surface area is 100 Å². The van der Waals surface area contributed by atoms with Gasteiger partial charge >= 0.3 is 0 Å². The van der Waals surface area contributed by atoms with Crippen LogP contribution in [0, 0.1) is 0 Å². The lowest BCUT2D eigenvalue weighted by atomic mass is 10.1. The van der Waals surface area contributed by atoms with Gasteiger partial charge in [0.15, 0.2) is 0 Å². The van der Waals surface area contributed by atoms with Crippen LogP contribution < -0.4 is 10.2 Å². The highest BCUT2D eigenvalue weighted by Gasteiger charge is 2.16. The third-order valence-corrected chi connectivity index (χ3v) is 3.70. The summed E-state index contributed by atoms with van der Waals surface area (Å²) in [4.78, 5) is 15.2. The molecule has 0 bridgehead atoms. The van der Waals surface area contributed by atoms with Gasteiger partial charge in [-0.15, -0.1) is 11.8 Å². The number of anilines is 1. The number of fused-ring (bicyclic) bond motifs is 1. The molecule has 16 heavy (non-hydrogen) atoms. The van der Waals surface area contributed by atoms with Crippen molar-refractivity contribution in [2.75, 3.05) is 30.8 Å². The summed E-state index contributed by atoms with van der Waals surface area (Å²) in [6.07, 6.45) is 0. The van der Waals surface area contributed by atoms with E-state index in [0.717, 1.165) is 17.9 Å². The van der Waals surface area contributed by atoms with Crippen molar-refractivity contribution in [1.82, 2.24) is 5.32 Å². The number of rotatable bonds is 2. The highest BCUT2D eigenvalue weighted by Crippen LogP contribution is 2.34. The number of benzene rings is 1. The Kier molecular flexibility index (Phi) is 3.39. The van der Waals surface area contributed by atoms with Crippen LogP contribution >= 0.6 is 11.8 Å². The molecule has 0 unspecified atom stereocenters. The Morgan fingerprint density at radius 3 is 3.12 bits per heavy atom. The first kappa shape index (κ1) is 11.3. The van der Waals surface area contributed by atoms with Gasteiger partial charge in [0, 0.05) is 36.3 Å². The first-order valence-corrected chi connectivity index (χ1v) is 6.47. The largest absolute Gasteiger partial charge is 0.373 e. The molecule has 0 fully saturated rings. The summed E-state index contributed by atoms with van der Waals surface area (Å²) in [6.45, 7) is 3.63. The van der Waals surface area contributed by atoms with Crippen LogP contribution in [0.3, 0.4) is 0 Å². The monoisotopic (exact) mass is 236 g/mol. The maximum absolute atomic E-state index is 11.7. The van der Waals surface area contributed by atoms with E-state index in [-0.39, 0.29) is 5.91 Å². The van der Waals surface area contributed by atoms with Gasteiger partial charge in [0.25, 0.3) is 5.91 Å². The van der Waals surface area contributed by atoms with Crippen molar-refractivity contribution >= 4 is 23.4 Å². The molecule has 1 aliphatic rings. The molecule has 1 aliphatic heterocycles. The second-order valence-corrected chi connectivity index (χ2v) is 4.95. The molecule has 1 amide bonds. The van der Waals surface area contributed by atoms with Crippen LogP contribution in [-0.4, -0.2) is 31.8 Å². The Bertz CT molecular complexity index is 406. The van der Waals surface area contributed by atoms with E-state index in [2.05, 4.69) is 17.3 Å². The zero-order chi connectivity index (χ0) is 11.5. The zero-order valence-corrected chi connectivity index (χ0v) is 10.4. The molecule has 1 aromatic carbocycles. The van der Waals surface area contributed by atoms with E-state index in [1.807, 2.05) is 36.9 Å². The van der Waals surface area contributed by atoms with Gasteiger partial charge < -0.3 is 10.2 Å². The number of nitrogens with one attached hydrogen (secondary N) is 1. The quantitative estimate of drug-likeness (QED) is 0.852. The summed E-state index contributed by atoms with van der Waals surface area (Å²) in [6, 6.07) is 5.92. The van der Waals surface area contributed by atoms with Crippen molar-refractivity contribution in [3.63, 3.8) is 0 Å². The van der Waals surface area contributed by atoms with Gasteiger partial charge in [-0.05, 0) is 25.1 Å². The van der Waals surface area contributed by atoms with Gasteiger partial charge in [-0.3, -0.25) is 4.79 Å². The van der Waals surface area contributed by atoms with E-state index in [0.29, 0.717) is 6.54 Å². The molecular weight excluding hydrogens is 220 g/mol. The average Bonchev–Trinajstić information content (AvgIpc) is 2.29. The fourth-order valence-electron chi connectivity index (χ4n) is 1.75. The Morgan fingerprint density at radius 1 is 1.56 bits per heavy atom. The lowest BCUT2D eigenvalue weighted by Crippen LogP contribution is -2.26. The summed E-state index contributed by atoms with van der Waals surface area (Å²) in [7, 11) is 2.07. The standard InChI is InChI=1S/C12H16N2OS/c1-3-13-12(15)9-4-5-11-10(8-9)14(2)6-7-16-11/h4-5,8H,3,6-7H2,1-2H3,(H,13,15). The number of nitrogens with zero attached hydrogens (tertiary/aromatic N) is 1. The minimum absolute atomic E-state index is 0.00859. The van der Waals surface area contributed by atoms with E-state index < -0.39 is 0 Å². The molecule has 0 aromatic heterocycles. The molecule has 1 heterocycles. The van der Waals surface area contributed by atoms with Gasteiger partial charge in [-0.2, -0.15) is 0 Å². The number of thioether (sulfide) groups is 1. The predicted octanol–water partition coefficient (Wildman–Crippen LogP) is 1.98. The SMILES string of the molecule is CCNC(=O)c1ccc2c(c1)N(C)CCS2. The summed E-state index contributed by atoms with van der Waals surface area (Å²) in [5, 5.41) is 2.82. The van der Waals surface area contributed by atoms with Crippen LogP contribution in [-0.2, 0) is 0 Å². The molecule has 0 aliphatic carbocycles. The van der Waals surface area contributed by atoms with Crippen LogP contribution in [0.4, 0.5) is 5.69 Å². The van der Waals surface area contributed by atoms with Crippen molar-refractivity contribution in [1.29, 1.82) is 0 Å². The average molecular weight is 236 g/mol. The summed E-state index contributed by atoms with van der Waals surface area (Å²) >= 11 is 1.85. The second kappa shape index (κ2) is 4.78. The highest BCUT2D eigenvalue weighted by atomic mass is 32.2. The van der Waals surface area contributed by atoms with Crippen LogP contribution in [0.1, 0.15) is 17.3 Å². The molecule has 0 spiro atoms. The molecule has 0 atom stereocenters. The van der Waals surface area contributed by atoms with E-state index in [9.17, 15) is 4.79 Å². The van der Waals surface area contributed by atoms with Crippen molar-refractivity contribution < 1.29 is 4.79 Å². The molecule has 1 aromatic rings. The lowest BCUT2D eigenvalue weighted by Gasteiger charge is -2.27. The zero-order valence-electron chi connectivity index (χ0n) is 9.62. The Hall–Kier alpha value is -1.16. The minimum atomic E-state index is 0.00859. The van der Waals surface area contributed by atoms with E-state index in [1.165, 1.54) is 10.6 Å². The number of hydrogen-bond acceptors (Lipinski definition) is 3. The van der Waals surface area contributed by atoms with Gasteiger partial charge in [-0.1, -0.05) is 0 Å². The molecule has 2 rings (SSSR count). The maximum Gasteiger partial charge on any atom is 0.251 e. The third-order valence-electron chi connectivity index (χ3n) is 2.65. The van der Waals surface area contributed by atoms with Crippen LogP contribution in [0.25, 0.3) is 0 Å². The van der Waals surface area contributed by atoms with Crippen molar-refractivity contribution in [3.8, 4) is 0 Å².